The van der Waals surface area contributed by atoms with Crippen molar-refractivity contribution in [2.75, 3.05) is 59.2 Å². The fourth-order valence-electron chi connectivity index (χ4n) is 4.14. The normalized spacial score (nSPS) is 24.3. The third-order valence-corrected chi connectivity index (χ3v) is 5.74. The van der Waals surface area contributed by atoms with Gasteiger partial charge in [0.05, 0.1) is 33.0 Å². The van der Waals surface area contributed by atoms with E-state index in [2.05, 4.69) is 27.7 Å². The van der Waals surface area contributed by atoms with Gasteiger partial charge in [-0.15, -0.1) is 0 Å². The summed E-state index contributed by atoms with van der Waals surface area (Å²) in [6, 6.07) is 10.3. The van der Waals surface area contributed by atoms with E-state index in [1.165, 1.54) is 5.56 Å². The summed E-state index contributed by atoms with van der Waals surface area (Å²) in [5.41, 5.74) is 1.22. The van der Waals surface area contributed by atoms with E-state index in [0.717, 1.165) is 32.4 Å². The van der Waals surface area contributed by atoms with Crippen LogP contribution >= 0.6 is 0 Å². The first-order chi connectivity index (χ1) is 14.7. The molecule has 1 atom stereocenters. The average molecular weight is 418 g/mol. The minimum atomic E-state index is 0.0540. The summed E-state index contributed by atoms with van der Waals surface area (Å²) in [5.74, 6) is 0.681. The maximum Gasteiger partial charge on any atom is 0.234 e. The second kappa shape index (κ2) is 12.7. The van der Waals surface area contributed by atoms with Crippen molar-refractivity contribution in [3.8, 4) is 0 Å². The summed E-state index contributed by atoms with van der Waals surface area (Å²) in [6.45, 7) is 5.71. The second-order valence-electron chi connectivity index (χ2n) is 8.24. The van der Waals surface area contributed by atoms with Gasteiger partial charge in [-0.2, -0.15) is 0 Å². The molecule has 30 heavy (non-hydrogen) atoms. The lowest BCUT2D eigenvalue weighted by Crippen LogP contribution is -2.42. The first-order valence-corrected chi connectivity index (χ1v) is 11.2. The molecule has 2 aliphatic rings. The predicted octanol–water partition coefficient (Wildman–Crippen LogP) is 1.54. The third kappa shape index (κ3) is 8.05. The van der Waals surface area contributed by atoms with Crippen LogP contribution in [0.4, 0.5) is 0 Å². The topological polar surface area (TPSA) is 79.9 Å². The van der Waals surface area contributed by atoms with Crippen LogP contribution in [-0.4, -0.2) is 75.9 Å². The Labute approximate surface area is 179 Å². The fourth-order valence-corrected chi connectivity index (χ4v) is 4.14. The molecule has 2 amide bonds. The number of ether oxygens (including phenoxy) is 2. The van der Waals surface area contributed by atoms with Crippen LogP contribution in [0.3, 0.4) is 0 Å². The highest BCUT2D eigenvalue weighted by Crippen LogP contribution is 2.24. The van der Waals surface area contributed by atoms with Crippen LogP contribution in [0, 0.1) is 5.92 Å². The first-order valence-electron chi connectivity index (χ1n) is 11.2. The molecule has 1 unspecified atom stereocenters. The fraction of sp³-hybridized carbons (Fsp3) is 0.652. The molecule has 166 valence electrons. The van der Waals surface area contributed by atoms with Crippen molar-refractivity contribution in [2.45, 2.75) is 31.6 Å². The number of carbonyl (C=O) groups is 2. The standard InChI is InChI=1S/C23H35N3O4/c27-22-8-7-21(20-5-2-1-3-6-20)9-11-25-23(28)16-26(12-4-10-24-22)15-19-17-29-13-14-30-18-19/h1-3,5-6,19,21H,4,7-18H2,(H,24,27)(H,25,28). The van der Waals surface area contributed by atoms with Gasteiger partial charge in [0.15, 0.2) is 0 Å². The van der Waals surface area contributed by atoms with Gasteiger partial charge in [0.1, 0.15) is 0 Å². The molecule has 2 aliphatic heterocycles. The Bertz CT molecular complexity index is 647. The van der Waals surface area contributed by atoms with Crippen LogP contribution in [0.5, 0.6) is 0 Å². The average Bonchev–Trinajstić information content (AvgIpc) is 3.02. The van der Waals surface area contributed by atoms with Crippen molar-refractivity contribution in [1.29, 1.82) is 0 Å². The number of rotatable bonds is 3. The summed E-state index contributed by atoms with van der Waals surface area (Å²) in [6.07, 6.45) is 2.94. The largest absolute Gasteiger partial charge is 0.379 e. The number of benzene rings is 1. The highest BCUT2D eigenvalue weighted by molar-refractivity contribution is 5.78. The summed E-state index contributed by atoms with van der Waals surface area (Å²) in [4.78, 5) is 27.0. The van der Waals surface area contributed by atoms with Crippen molar-refractivity contribution < 1.29 is 19.1 Å². The molecule has 1 aromatic rings. The van der Waals surface area contributed by atoms with Gasteiger partial charge in [0, 0.05) is 38.5 Å². The van der Waals surface area contributed by atoms with Crippen molar-refractivity contribution in [1.82, 2.24) is 15.5 Å². The highest BCUT2D eigenvalue weighted by Gasteiger charge is 2.20. The number of carbonyl (C=O) groups excluding carboxylic acids is 2. The number of hydrogen-bond acceptors (Lipinski definition) is 5. The predicted molar refractivity (Wildman–Crippen MR) is 115 cm³/mol. The van der Waals surface area contributed by atoms with E-state index in [9.17, 15) is 9.59 Å². The lowest BCUT2D eigenvalue weighted by atomic mass is 9.91. The Balaban J connectivity index is 1.58. The van der Waals surface area contributed by atoms with Crippen LogP contribution in [0.1, 0.15) is 37.2 Å². The molecule has 1 aromatic carbocycles. The molecule has 2 fully saturated rings. The van der Waals surface area contributed by atoms with E-state index < -0.39 is 0 Å². The van der Waals surface area contributed by atoms with Crippen molar-refractivity contribution in [3.63, 3.8) is 0 Å². The molecule has 2 saturated heterocycles. The molecule has 0 radical (unpaired) electrons. The Morgan fingerprint density at radius 1 is 0.933 bits per heavy atom. The number of hydrogen-bond donors (Lipinski definition) is 2. The molecule has 3 rings (SSSR count). The van der Waals surface area contributed by atoms with Gasteiger partial charge in [0.2, 0.25) is 11.8 Å². The maximum atomic E-state index is 12.6. The number of nitrogens with one attached hydrogen (secondary N) is 2. The van der Waals surface area contributed by atoms with Crippen molar-refractivity contribution in [2.24, 2.45) is 5.92 Å². The minimum Gasteiger partial charge on any atom is -0.379 e. The molecule has 7 heteroatoms. The van der Waals surface area contributed by atoms with Gasteiger partial charge < -0.3 is 20.1 Å². The quantitative estimate of drug-likeness (QED) is 0.780. The zero-order valence-corrected chi connectivity index (χ0v) is 17.8. The van der Waals surface area contributed by atoms with Gasteiger partial charge in [-0.1, -0.05) is 30.3 Å². The lowest BCUT2D eigenvalue weighted by molar-refractivity contribution is -0.123. The zero-order valence-electron chi connectivity index (χ0n) is 17.8. The Morgan fingerprint density at radius 3 is 2.43 bits per heavy atom. The molecular formula is C23H35N3O4. The number of nitrogens with zero attached hydrogens (tertiary/aromatic N) is 1. The van der Waals surface area contributed by atoms with Crippen LogP contribution < -0.4 is 10.6 Å². The first kappa shape index (κ1) is 22.7. The van der Waals surface area contributed by atoms with Gasteiger partial charge in [-0.25, -0.2) is 0 Å². The zero-order chi connectivity index (χ0) is 21.0. The maximum absolute atomic E-state index is 12.6. The van der Waals surface area contributed by atoms with Crippen LogP contribution in [0.15, 0.2) is 30.3 Å². The molecule has 0 saturated carbocycles. The Kier molecular flexibility index (Phi) is 9.60. The van der Waals surface area contributed by atoms with E-state index in [0.29, 0.717) is 52.5 Å². The highest BCUT2D eigenvalue weighted by atomic mass is 16.5. The smallest absolute Gasteiger partial charge is 0.234 e. The molecule has 2 heterocycles. The van der Waals surface area contributed by atoms with Gasteiger partial charge in [0.25, 0.3) is 0 Å². The second-order valence-corrected chi connectivity index (χ2v) is 8.24. The van der Waals surface area contributed by atoms with E-state index in [1.54, 1.807) is 0 Å². The van der Waals surface area contributed by atoms with E-state index in [1.807, 2.05) is 18.2 Å². The SMILES string of the molecule is O=C1CCC(c2ccccc2)CCNC(=O)CN(CC2COCCOC2)CCCN1. The molecule has 0 aliphatic carbocycles. The van der Waals surface area contributed by atoms with Gasteiger partial charge in [-0.3, -0.25) is 14.5 Å². The van der Waals surface area contributed by atoms with E-state index >= 15 is 0 Å². The number of amides is 2. The summed E-state index contributed by atoms with van der Waals surface area (Å²) in [5, 5.41) is 6.12. The minimum absolute atomic E-state index is 0.0540. The lowest BCUT2D eigenvalue weighted by Gasteiger charge is -2.26. The van der Waals surface area contributed by atoms with Gasteiger partial charge in [-0.05, 0) is 30.7 Å². The van der Waals surface area contributed by atoms with Crippen molar-refractivity contribution >= 4 is 11.8 Å². The Morgan fingerprint density at radius 2 is 1.67 bits per heavy atom. The molecular weight excluding hydrogens is 382 g/mol. The summed E-state index contributed by atoms with van der Waals surface area (Å²) in [7, 11) is 0. The molecule has 0 spiro atoms. The van der Waals surface area contributed by atoms with E-state index in [-0.39, 0.29) is 23.7 Å². The van der Waals surface area contributed by atoms with Crippen LogP contribution in [-0.2, 0) is 19.1 Å². The molecule has 2 N–H and O–H groups in total. The molecule has 0 aromatic heterocycles. The summed E-state index contributed by atoms with van der Waals surface area (Å²) < 4.78 is 11.2. The van der Waals surface area contributed by atoms with Crippen LogP contribution in [0.2, 0.25) is 0 Å². The Hall–Kier alpha value is -1.96. The molecule has 0 bridgehead atoms. The summed E-state index contributed by atoms with van der Waals surface area (Å²) >= 11 is 0. The van der Waals surface area contributed by atoms with Gasteiger partial charge >= 0.3 is 0 Å². The van der Waals surface area contributed by atoms with Crippen LogP contribution in [0.25, 0.3) is 0 Å². The monoisotopic (exact) mass is 417 g/mol. The van der Waals surface area contributed by atoms with E-state index in [4.69, 9.17) is 9.47 Å². The third-order valence-electron chi connectivity index (χ3n) is 5.74. The molecule has 7 nitrogen and oxygen atoms in total. The van der Waals surface area contributed by atoms with Crippen molar-refractivity contribution in [3.05, 3.63) is 35.9 Å².